The van der Waals surface area contributed by atoms with Crippen molar-refractivity contribution in [3.05, 3.63) is 65.7 Å². The summed E-state index contributed by atoms with van der Waals surface area (Å²) < 4.78 is 0. The molecule has 0 aliphatic rings. The van der Waals surface area contributed by atoms with Crippen molar-refractivity contribution in [1.29, 1.82) is 0 Å². The highest BCUT2D eigenvalue weighted by Gasteiger charge is 2.26. The number of carboxylic acid groups (broad SMARTS) is 1. The van der Waals surface area contributed by atoms with E-state index in [1.807, 2.05) is 0 Å². The molecule has 0 aliphatic carbocycles. The first-order chi connectivity index (χ1) is 17.5. The number of rotatable bonds is 14. The molecule has 0 aromatic heterocycles. The molecule has 0 bridgehead atoms. The average molecular weight is 514 g/mol. The number of hydrogen-bond donors (Lipinski definition) is 7. The van der Waals surface area contributed by atoms with Crippen LogP contribution in [0, 0.1) is 0 Å². The van der Waals surface area contributed by atoms with E-state index in [1.54, 1.807) is 42.5 Å². The first-order valence-electron chi connectivity index (χ1n) is 11.5. The molecule has 0 saturated heterocycles. The Hall–Kier alpha value is -4.45. The van der Waals surface area contributed by atoms with E-state index in [1.165, 1.54) is 12.1 Å². The Bertz CT molecular complexity index is 1090. The van der Waals surface area contributed by atoms with E-state index >= 15 is 0 Å². The molecule has 4 amide bonds. The second-order valence-corrected chi connectivity index (χ2v) is 8.41. The molecule has 2 aromatic rings. The summed E-state index contributed by atoms with van der Waals surface area (Å²) >= 11 is 0. The quantitative estimate of drug-likeness (QED) is 0.165. The van der Waals surface area contributed by atoms with Gasteiger partial charge in [0.25, 0.3) is 0 Å². The van der Waals surface area contributed by atoms with Gasteiger partial charge in [0.2, 0.25) is 23.6 Å². The lowest BCUT2D eigenvalue weighted by Crippen LogP contribution is -2.54. The van der Waals surface area contributed by atoms with Crippen molar-refractivity contribution >= 4 is 29.6 Å². The molecule has 3 unspecified atom stereocenters. The fourth-order valence-electron chi connectivity index (χ4n) is 3.40. The number of aromatic hydroxyl groups is 1. The van der Waals surface area contributed by atoms with Gasteiger partial charge >= 0.3 is 5.97 Å². The standard InChI is InChI=1S/C25H31N5O7/c26-18(12-16-6-8-17(31)9-7-16)23(34)30-20(13-15-4-2-1-3-5-15)24(35)28-14-22(33)29-19(25(36)37)10-11-21(27)32/h1-9,18-20,31H,10-14,26H2,(H2,27,32)(H,28,35)(H,29,33)(H,30,34)(H,36,37). The minimum atomic E-state index is -1.35. The number of phenols is 1. The number of aliphatic carboxylic acids is 1. The number of carbonyl (C=O) groups is 5. The van der Waals surface area contributed by atoms with Gasteiger partial charge in [-0.3, -0.25) is 19.2 Å². The molecule has 2 aromatic carbocycles. The molecule has 0 saturated carbocycles. The Morgan fingerprint density at radius 3 is 2.03 bits per heavy atom. The largest absolute Gasteiger partial charge is 0.508 e. The maximum absolute atomic E-state index is 12.9. The highest BCUT2D eigenvalue weighted by atomic mass is 16.4. The molecule has 0 heterocycles. The number of benzene rings is 2. The first-order valence-corrected chi connectivity index (χ1v) is 11.5. The summed E-state index contributed by atoms with van der Waals surface area (Å²) in [5.74, 6) is -4.04. The predicted molar refractivity (Wildman–Crippen MR) is 133 cm³/mol. The summed E-state index contributed by atoms with van der Waals surface area (Å²) in [6.45, 7) is -0.556. The summed E-state index contributed by atoms with van der Waals surface area (Å²) in [5, 5.41) is 25.8. The number of carboxylic acids is 1. The van der Waals surface area contributed by atoms with Crippen molar-refractivity contribution < 1.29 is 34.2 Å². The van der Waals surface area contributed by atoms with Crippen molar-refractivity contribution in [2.75, 3.05) is 6.54 Å². The summed E-state index contributed by atoms with van der Waals surface area (Å²) in [7, 11) is 0. The van der Waals surface area contributed by atoms with E-state index in [-0.39, 0.29) is 31.4 Å². The Balaban J connectivity index is 2.01. The average Bonchev–Trinajstić information content (AvgIpc) is 2.86. The number of phenolic OH excluding ortho intramolecular Hbond substituents is 1. The Kier molecular flexibility index (Phi) is 11.0. The van der Waals surface area contributed by atoms with Crippen LogP contribution in [0.1, 0.15) is 24.0 Å². The predicted octanol–water partition coefficient (Wildman–Crippen LogP) is -1.06. The lowest BCUT2D eigenvalue weighted by molar-refractivity contribution is -0.142. The SMILES string of the molecule is NC(=O)CCC(NC(=O)CNC(=O)C(Cc1ccccc1)NC(=O)C(N)Cc1ccc(O)cc1)C(=O)O. The van der Waals surface area contributed by atoms with E-state index in [2.05, 4.69) is 16.0 Å². The van der Waals surface area contributed by atoms with Crippen LogP contribution in [0.5, 0.6) is 5.75 Å². The molecule has 0 spiro atoms. The van der Waals surface area contributed by atoms with Crippen LogP contribution in [0.2, 0.25) is 0 Å². The van der Waals surface area contributed by atoms with Crippen molar-refractivity contribution in [3.63, 3.8) is 0 Å². The normalized spacial score (nSPS) is 13.0. The van der Waals surface area contributed by atoms with Gasteiger partial charge in [0.15, 0.2) is 0 Å². The van der Waals surface area contributed by atoms with E-state index in [0.29, 0.717) is 5.56 Å². The van der Waals surface area contributed by atoms with Gasteiger partial charge in [-0.25, -0.2) is 4.79 Å². The summed E-state index contributed by atoms with van der Waals surface area (Å²) in [6.07, 6.45) is -0.159. The molecule has 0 radical (unpaired) electrons. The van der Waals surface area contributed by atoms with Crippen LogP contribution in [-0.2, 0) is 36.8 Å². The second-order valence-electron chi connectivity index (χ2n) is 8.41. The molecule has 2 rings (SSSR count). The number of primary amides is 1. The molecule has 12 nitrogen and oxygen atoms in total. The fraction of sp³-hybridized carbons (Fsp3) is 0.320. The lowest BCUT2D eigenvalue weighted by Gasteiger charge is -2.21. The second kappa shape index (κ2) is 14.2. The van der Waals surface area contributed by atoms with Crippen LogP contribution in [0.25, 0.3) is 0 Å². The highest BCUT2D eigenvalue weighted by Crippen LogP contribution is 2.11. The minimum absolute atomic E-state index is 0.0768. The number of amides is 4. The van der Waals surface area contributed by atoms with Crippen molar-refractivity contribution in [1.82, 2.24) is 16.0 Å². The maximum Gasteiger partial charge on any atom is 0.326 e. The zero-order valence-electron chi connectivity index (χ0n) is 20.1. The zero-order chi connectivity index (χ0) is 27.4. The summed E-state index contributed by atoms with van der Waals surface area (Å²) in [5.41, 5.74) is 12.5. The third-order valence-corrected chi connectivity index (χ3v) is 5.38. The highest BCUT2D eigenvalue weighted by molar-refractivity contribution is 5.93. The third-order valence-electron chi connectivity index (χ3n) is 5.38. The number of hydrogen-bond acceptors (Lipinski definition) is 7. The van der Waals surface area contributed by atoms with Gasteiger partial charge in [-0.15, -0.1) is 0 Å². The number of carbonyl (C=O) groups excluding carboxylic acids is 4. The molecular formula is C25H31N5O7. The topological polar surface area (TPSA) is 214 Å². The van der Waals surface area contributed by atoms with Crippen molar-refractivity contribution in [3.8, 4) is 5.75 Å². The fourth-order valence-corrected chi connectivity index (χ4v) is 3.40. The van der Waals surface area contributed by atoms with Crippen LogP contribution < -0.4 is 27.4 Å². The molecule has 0 fully saturated rings. The van der Waals surface area contributed by atoms with Crippen molar-refractivity contribution in [2.45, 2.75) is 43.8 Å². The smallest absolute Gasteiger partial charge is 0.326 e. The Morgan fingerprint density at radius 1 is 0.811 bits per heavy atom. The maximum atomic E-state index is 12.9. The van der Waals surface area contributed by atoms with Gasteiger partial charge in [-0.05, 0) is 36.1 Å². The van der Waals surface area contributed by atoms with Crippen LogP contribution >= 0.6 is 0 Å². The molecule has 12 heteroatoms. The van der Waals surface area contributed by atoms with E-state index < -0.39 is 54.3 Å². The van der Waals surface area contributed by atoms with Crippen LogP contribution in [0.3, 0.4) is 0 Å². The van der Waals surface area contributed by atoms with Gasteiger partial charge in [0.1, 0.15) is 17.8 Å². The summed E-state index contributed by atoms with van der Waals surface area (Å²) in [4.78, 5) is 60.1. The molecule has 9 N–H and O–H groups in total. The Morgan fingerprint density at radius 2 is 1.43 bits per heavy atom. The first kappa shape index (κ1) is 28.8. The van der Waals surface area contributed by atoms with Crippen LogP contribution in [0.4, 0.5) is 0 Å². The Labute approximate surface area is 213 Å². The third kappa shape index (κ3) is 10.4. The zero-order valence-corrected chi connectivity index (χ0v) is 20.1. The summed E-state index contributed by atoms with van der Waals surface area (Å²) in [6, 6.07) is 11.7. The van der Waals surface area contributed by atoms with Gasteiger partial charge in [-0.2, -0.15) is 0 Å². The van der Waals surface area contributed by atoms with Crippen molar-refractivity contribution in [2.24, 2.45) is 11.5 Å². The number of nitrogens with two attached hydrogens (primary N) is 2. The van der Waals surface area contributed by atoms with Gasteiger partial charge in [0.05, 0.1) is 12.6 Å². The van der Waals surface area contributed by atoms with E-state index in [0.717, 1.165) is 5.56 Å². The minimum Gasteiger partial charge on any atom is -0.508 e. The van der Waals surface area contributed by atoms with Gasteiger partial charge in [-0.1, -0.05) is 42.5 Å². The molecule has 37 heavy (non-hydrogen) atoms. The van der Waals surface area contributed by atoms with Crippen LogP contribution in [-0.4, -0.2) is 64.5 Å². The molecule has 198 valence electrons. The van der Waals surface area contributed by atoms with Crippen LogP contribution in [0.15, 0.2) is 54.6 Å². The monoisotopic (exact) mass is 513 g/mol. The molecule has 0 aliphatic heterocycles. The van der Waals surface area contributed by atoms with Gasteiger partial charge < -0.3 is 37.6 Å². The van der Waals surface area contributed by atoms with E-state index in [4.69, 9.17) is 11.5 Å². The lowest BCUT2D eigenvalue weighted by atomic mass is 10.0. The molecule has 3 atom stereocenters. The van der Waals surface area contributed by atoms with E-state index in [9.17, 15) is 34.2 Å². The number of nitrogens with one attached hydrogen (secondary N) is 3. The molecular weight excluding hydrogens is 482 g/mol. The van der Waals surface area contributed by atoms with Gasteiger partial charge in [0, 0.05) is 12.8 Å².